The number of fused-ring (bicyclic) bond motifs is 1. The number of hydrogen-bond donors (Lipinski definition) is 2. The van der Waals surface area contributed by atoms with Crippen LogP contribution in [0.5, 0.6) is 0 Å². The highest BCUT2D eigenvalue weighted by Crippen LogP contribution is 2.38. The van der Waals surface area contributed by atoms with Gasteiger partial charge in [0.05, 0.1) is 6.42 Å². The molecule has 1 amide bonds. The largest absolute Gasteiger partial charge is 0.481 e. The van der Waals surface area contributed by atoms with E-state index < -0.39 is 5.97 Å². The first-order valence-electron chi connectivity index (χ1n) is 5.60. The number of hydrogen-bond acceptors (Lipinski definition) is 2. The fourth-order valence-corrected chi connectivity index (χ4v) is 2.43. The maximum absolute atomic E-state index is 11.6. The van der Waals surface area contributed by atoms with Crippen LogP contribution in [0.3, 0.4) is 0 Å². The number of anilines is 1. The fourth-order valence-electron chi connectivity index (χ4n) is 2.43. The maximum atomic E-state index is 11.6. The third kappa shape index (κ3) is 2.16. The summed E-state index contributed by atoms with van der Waals surface area (Å²) in [6, 6.07) is 3.91. The van der Waals surface area contributed by atoms with Gasteiger partial charge in [-0.25, -0.2) is 0 Å². The zero-order valence-corrected chi connectivity index (χ0v) is 9.91. The molecule has 2 rings (SSSR count). The molecule has 0 bridgehead atoms. The van der Waals surface area contributed by atoms with Gasteiger partial charge < -0.3 is 10.4 Å². The van der Waals surface area contributed by atoms with Crippen LogP contribution in [0.25, 0.3) is 0 Å². The summed E-state index contributed by atoms with van der Waals surface area (Å²) in [5.41, 5.74) is 3.80. The van der Waals surface area contributed by atoms with Crippen molar-refractivity contribution in [2.75, 3.05) is 5.32 Å². The number of carbonyl (C=O) groups is 2. The molecular weight excluding hydrogens is 218 g/mol. The van der Waals surface area contributed by atoms with Crippen molar-refractivity contribution in [1.82, 2.24) is 0 Å². The Balaban J connectivity index is 2.51. The summed E-state index contributed by atoms with van der Waals surface area (Å²) < 4.78 is 0. The quantitative estimate of drug-likeness (QED) is 0.823. The number of amides is 1. The first kappa shape index (κ1) is 11.6. The lowest BCUT2D eigenvalue weighted by atomic mass is 9.84. The highest BCUT2D eigenvalue weighted by Gasteiger charge is 2.29. The predicted octanol–water partition coefficient (Wildman–Crippen LogP) is 2.20. The summed E-state index contributed by atoms with van der Waals surface area (Å²) in [6.45, 7) is 3.87. The standard InChI is InChI=1S/C13H15NO3/c1-7-3-4-8(2)13-12(7)9(6-11(16)17)5-10(15)14-13/h3-4,9H,5-6H2,1-2H3,(H,14,15)(H,16,17). The number of carboxylic acid groups (broad SMARTS) is 1. The third-order valence-corrected chi connectivity index (χ3v) is 3.20. The first-order chi connectivity index (χ1) is 7.99. The Bertz CT molecular complexity index is 494. The number of carbonyl (C=O) groups excluding carboxylic acids is 1. The van der Waals surface area contributed by atoms with E-state index in [2.05, 4.69) is 5.32 Å². The highest BCUT2D eigenvalue weighted by molar-refractivity contribution is 5.96. The van der Waals surface area contributed by atoms with Crippen LogP contribution in [0.1, 0.15) is 35.4 Å². The van der Waals surface area contributed by atoms with Gasteiger partial charge in [-0.3, -0.25) is 9.59 Å². The maximum Gasteiger partial charge on any atom is 0.303 e. The van der Waals surface area contributed by atoms with E-state index in [1.54, 1.807) is 0 Å². The molecule has 1 aliphatic heterocycles. The van der Waals surface area contributed by atoms with Crippen molar-refractivity contribution in [2.24, 2.45) is 0 Å². The Morgan fingerprint density at radius 3 is 2.71 bits per heavy atom. The molecule has 0 saturated heterocycles. The molecule has 0 aliphatic carbocycles. The molecule has 1 aromatic rings. The molecule has 1 unspecified atom stereocenters. The van der Waals surface area contributed by atoms with Gasteiger partial charge in [-0.15, -0.1) is 0 Å². The van der Waals surface area contributed by atoms with Gasteiger partial charge in [-0.05, 0) is 30.5 Å². The lowest BCUT2D eigenvalue weighted by molar-refractivity contribution is -0.137. The molecule has 0 saturated carbocycles. The summed E-state index contributed by atoms with van der Waals surface area (Å²) in [5.74, 6) is -1.18. The second-order valence-electron chi connectivity index (χ2n) is 4.54. The summed E-state index contributed by atoms with van der Waals surface area (Å²) in [4.78, 5) is 22.4. The van der Waals surface area contributed by atoms with Gasteiger partial charge in [0.15, 0.2) is 0 Å². The van der Waals surface area contributed by atoms with Crippen LogP contribution in [0.4, 0.5) is 5.69 Å². The molecule has 0 spiro atoms. The van der Waals surface area contributed by atoms with Crippen molar-refractivity contribution in [3.63, 3.8) is 0 Å². The van der Waals surface area contributed by atoms with Crippen molar-refractivity contribution in [2.45, 2.75) is 32.6 Å². The van der Waals surface area contributed by atoms with Gasteiger partial charge in [-0.1, -0.05) is 12.1 Å². The molecule has 4 nitrogen and oxygen atoms in total. The Morgan fingerprint density at radius 2 is 2.06 bits per heavy atom. The third-order valence-electron chi connectivity index (χ3n) is 3.20. The van der Waals surface area contributed by atoms with Crippen molar-refractivity contribution < 1.29 is 14.7 Å². The molecule has 2 N–H and O–H groups in total. The molecule has 0 radical (unpaired) electrons. The lowest BCUT2D eigenvalue weighted by Crippen LogP contribution is -2.25. The van der Waals surface area contributed by atoms with Gasteiger partial charge in [0.25, 0.3) is 0 Å². The van der Waals surface area contributed by atoms with Crippen LogP contribution in [-0.2, 0) is 9.59 Å². The Hall–Kier alpha value is -1.84. The van der Waals surface area contributed by atoms with E-state index in [-0.39, 0.29) is 24.7 Å². The van der Waals surface area contributed by atoms with E-state index >= 15 is 0 Å². The average molecular weight is 233 g/mol. The minimum absolute atomic E-state index is 0.00468. The minimum Gasteiger partial charge on any atom is -0.481 e. The number of aliphatic carboxylic acids is 1. The molecule has 0 aromatic heterocycles. The predicted molar refractivity (Wildman–Crippen MR) is 64.2 cm³/mol. The molecule has 17 heavy (non-hydrogen) atoms. The van der Waals surface area contributed by atoms with E-state index in [4.69, 9.17) is 5.11 Å². The van der Waals surface area contributed by atoms with Gasteiger partial charge in [0.1, 0.15) is 0 Å². The lowest BCUT2D eigenvalue weighted by Gasteiger charge is -2.27. The number of nitrogens with one attached hydrogen (secondary N) is 1. The SMILES string of the molecule is Cc1ccc(C)c2c1NC(=O)CC2CC(=O)O. The van der Waals surface area contributed by atoms with Crippen molar-refractivity contribution in [1.29, 1.82) is 0 Å². The smallest absolute Gasteiger partial charge is 0.303 e. The molecule has 1 heterocycles. The fraction of sp³-hybridized carbons (Fsp3) is 0.385. The molecular formula is C13H15NO3. The van der Waals surface area contributed by atoms with Gasteiger partial charge >= 0.3 is 5.97 Å². The molecule has 1 aliphatic rings. The van der Waals surface area contributed by atoms with E-state index in [1.807, 2.05) is 26.0 Å². The van der Waals surface area contributed by atoms with Crippen molar-refractivity contribution in [3.8, 4) is 0 Å². The van der Waals surface area contributed by atoms with Crippen molar-refractivity contribution >= 4 is 17.6 Å². The molecule has 1 atom stereocenters. The van der Waals surface area contributed by atoms with Crippen molar-refractivity contribution in [3.05, 3.63) is 28.8 Å². The second-order valence-corrected chi connectivity index (χ2v) is 4.54. The zero-order valence-electron chi connectivity index (χ0n) is 9.91. The number of aryl methyl sites for hydroxylation is 2. The van der Waals surface area contributed by atoms with E-state index in [0.29, 0.717) is 0 Å². The van der Waals surface area contributed by atoms with Gasteiger partial charge in [0, 0.05) is 18.0 Å². The summed E-state index contributed by atoms with van der Waals surface area (Å²) >= 11 is 0. The number of rotatable bonds is 2. The first-order valence-corrected chi connectivity index (χ1v) is 5.60. The van der Waals surface area contributed by atoms with Gasteiger partial charge in [-0.2, -0.15) is 0 Å². The van der Waals surface area contributed by atoms with Crippen LogP contribution < -0.4 is 5.32 Å². The highest BCUT2D eigenvalue weighted by atomic mass is 16.4. The monoisotopic (exact) mass is 233 g/mol. The summed E-state index contributed by atoms with van der Waals surface area (Å²) in [6.07, 6.45) is 0.258. The van der Waals surface area contributed by atoms with Crippen LogP contribution in [0.15, 0.2) is 12.1 Å². The molecule has 90 valence electrons. The normalized spacial score (nSPS) is 18.5. The van der Waals surface area contributed by atoms with Crippen LogP contribution in [-0.4, -0.2) is 17.0 Å². The number of carboxylic acids is 1. The minimum atomic E-state index is -0.864. The summed E-state index contributed by atoms with van der Waals surface area (Å²) in [7, 11) is 0. The molecule has 4 heteroatoms. The number of benzene rings is 1. The Labute approximate surface area is 99.6 Å². The molecule has 1 aromatic carbocycles. The van der Waals surface area contributed by atoms with E-state index in [1.165, 1.54) is 0 Å². The van der Waals surface area contributed by atoms with Gasteiger partial charge in [0.2, 0.25) is 5.91 Å². The zero-order chi connectivity index (χ0) is 12.6. The topological polar surface area (TPSA) is 66.4 Å². The second kappa shape index (κ2) is 4.20. The van der Waals surface area contributed by atoms with Crippen LogP contribution >= 0.6 is 0 Å². The summed E-state index contributed by atoms with van der Waals surface area (Å²) in [5, 5.41) is 11.7. The Morgan fingerprint density at radius 1 is 1.41 bits per heavy atom. The van der Waals surface area contributed by atoms with Crippen LogP contribution in [0, 0.1) is 13.8 Å². The molecule has 0 fully saturated rings. The van der Waals surface area contributed by atoms with E-state index in [9.17, 15) is 9.59 Å². The van der Waals surface area contributed by atoms with Crippen LogP contribution in [0.2, 0.25) is 0 Å². The Kier molecular flexibility index (Phi) is 2.88. The average Bonchev–Trinajstić information content (AvgIpc) is 2.22. The van der Waals surface area contributed by atoms with E-state index in [0.717, 1.165) is 22.4 Å².